The van der Waals surface area contributed by atoms with Crippen LogP contribution in [-0.4, -0.2) is 53.5 Å². The van der Waals surface area contributed by atoms with E-state index in [-0.39, 0.29) is 24.2 Å². The number of halogens is 1. The van der Waals surface area contributed by atoms with Crippen molar-refractivity contribution in [2.75, 3.05) is 25.4 Å². The van der Waals surface area contributed by atoms with Crippen LogP contribution in [-0.2, 0) is 16.4 Å². The lowest BCUT2D eigenvalue weighted by atomic mass is 9.83. The zero-order valence-corrected chi connectivity index (χ0v) is 15.0. The highest BCUT2D eigenvalue weighted by Gasteiger charge is 2.61. The Kier molecular flexibility index (Phi) is 4.40. The van der Waals surface area contributed by atoms with Gasteiger partial charge in [0.25, 0.3) is 0 Å². The van der Waals surface area contributed by atoms with Gasteiger partial charge in [-0.25, -0.2) is 17.8 Å². The SMILES string of the molecule is O=S1(=O)CC[C@@H](COc2ncccc2F)C12CN(Cc1ccncc1)C2. The van der Waals surface area contributed by atoms with Crippen LogP contribution in [0, 0.1) is 11.7 Å². The molecule has 2 aromatic heterocycles. The van der Waals surface area contributed by atoms with Gasteiger partial charge in [0.2, 0.25) is 5.88 Å². The van der Waals surface area contributed by atoms with Gasteiger partial charge in [0, 0.05) is 44.1 Å². The molecule has 8 heteroatoms. The van der Waals surface area contributed by atoms with Gasteiger partial charge in [-0.2, -0.15) is 0 Å². The Balaban J connectivity index is 1.44. The van der Waals surface area contributed by atoms with Crippen molar-refractivity contribution >= 4 is 9.84 Å². The Morgan fingerprint density at radius 1 is 1.23 bits per heavy atom. The molecular weight excluding hydrogens is 357 g/mol. The summed E-state index contributed by atoms with van der Waals surface area (Å²) in [5.74, 6) is -0.590. The minimum atomic E-state index is -3.19. The van der Waals surface area contributed by atoms with Crippen LogP contribution in [0.1, 0.15) is 12.0 Å². The average Bonchev–Trinajstić information content (AvgIpc) is 2.86. The van der Waals surface area contributed by atoms with E-state index in [1.54, 1.807) is 12.4 Å². The largest absolute Gasteiger partial charge is 0.475 e. The number of rotatable bonds is 5. The Hall–Kier alpha value is -2.06. The highest BCUT2D eigenvalue weighted by Crippen LogP contribution is 2.45. The minimum absolute atomic E-state index is 0.0695. The molecule has 4 rings (SSSR count). The van der Waals surface area contributed by atoms with Gasteiger partial charge in [0.15, 0.2) is 15.7 Å². The predicted molar refractivity (Wildman–Crippen MR) is 93.8 cm³/mol. The highest BCUT2D eigenvalue weighted by atomic mass is 32.2. The summed E-state index contributed by atoms with van der Waals surface area (Å²) >= 11 is 0. The molecule has 0 saturated carbocycles. The maximum absolute atomic E-state index is 13.7. The Morgan fingerprint density at radius 2 is 2.00 bits per heavy atom. The van der Waals surface area contributed by atoms with Crippen molar-refractivity contribution in [3.8, 4) is 5.88 Å². The second kappa shape index (κ2) is 6.59. The summed E-state index contributed by atoms with van der Waals surface area (Å²) in [5, 5.41) is 0. The molecule has 0 amide bonds. The van der Waals surface area contributed by atoms with Gasteiger partial charge in [-0.3, -0.25) is 9.88 Å². The van der Waals surface area contributed by atoms with Crippen molar-refractivity contribution in [3.05, 3.63) is 54.2 Å². The Bertz CT molecular complexity index is 886. The van der Waals surface area contributed by atoms with Crippen LogP contribution in [0.3, 0.4) is 0 Å². The van der Waals surface area contributed by atoms with E-state index in [4.69, 9.17) is 4.74 Å². The first-order valence-electron chi connectivity index (χ1n) is 8.57. The summed E-state index contributed by atoms with van der Waals surface area (Å²) in [6.45, 7) is 1.82. The lowest BCUT2D eigenvalue weighted by molar-refractivity contribution is 0.0573. The van der Waals surface area contributed by atoms with Crippen LogP contribution in [0.5, 0.6) is 5.88 Å². The van der Waals surface area contributed by atoms with Crippen molar-refractivity contribution in [1.82, 2.24) is 14.9 Å². The molecule has 4 heterocycles. The van der Waals surface area contributed by atoms with E-state index in [9.17, 15) is 12.8 Å². The number of hydrogen-bond donors (Lipinski definition) is 0. The fraction of sp³-hybridized carbons (Fsp3) is 0.444. The summed E-state index contributed by atoms with van der Waals surface area (Å²) in [6.07, 6.45) is 5.46. The van der Waals surface area contributed by atoms with E-state index in [2.05, 4.69) is 14.9 Å². The van der Waals surface area contributed by atoms with Gasteiger partial charge in [-0.05, 0) is 36.2 Å². The number of hydrogen-bond acceptors (Lipinski definition) is 6. The molecule has 26 heavy (non-hydrogen) atoms. The van der Waals surface area contributed by atoms with Crippen LogP contribution >= 0.6 is 0 Å². The maximum Gasteiger partial charge on any atom is 0.250 e. The molecule has 138 valence electrons. The van der Waals surface area contributed by atoms with Crippen LogP contribution in [0.4, 0.5) is 4.39 Å². The van der Waals surface area contributed by atoms with Crippen LogP contribution in [0.25, 0.3) is 0 Å². The molecule has 2 saturated heterocycles. The van der Waals surface area contributed by atoms with Crippen molar-refractivity contribution in [3.63, 3.8) is 0 Å². The van der Waals surface area contributed by atoms with E-state index in [1.807, 2.05) is 12.1 Å². The molecule has 2 aliphatic heterocycles. The molecular formula is C18H20FN3O3S. The molecule has 0 N–H and O–H groups in total. The molecule has 2 aliphatic rings. The summed E-state index contributed by atoms with van der Waals surface area (Å²) in [4.78, 5) is 9.99. The first-order valence-corrected chi connectivity index (χ1v) is 10.2. The highest BCUT2D eigenvalue weighted by molar-refractivity contribution is 7.93. The average molecular weight is 377 g/mol. The first-order chi connectivity index (χ1) is 12.5. The molecule has 0 unspecified atom stereocenters. The molecule has 0 aliphatic carbocycles. The van der Waals surface area contributed by atoms with Crippen molar-refractivity contribution in [2.45, 2.75) is 17.7 Å². The van der Waals surface area contributed by atoms with Crippen LogP contribution < -0.4 is 4.74 Å². The molecule has 0 bridgehead atoms. The summed E-state index contributed by atoms with van der Waals surface area (Å²) < 4.78 is 43.8. The topological polar surface area (TPSA) is 72.4 Å². The molecule has 0 aromatic carbocycles. The van der Waals surface area contributed by atoms with Gasteiger partial charge in [0.05, 0.1) is 12.4 Å². The molecule has 1 spiro atoms. The predicted octanol–water partition coefficient (Wildman–Crippen LogP) is 1.68. The molecule has 2 fully saturated rings. The fourth-order valence-corrected chi connectivity index (χ4v) is 6.39. The summed E-state index contributed by atoms with van der Waals surface area (Å²) in [5.41, 5.74) is 1.11. The van der Waals surface area contributed by atoms with E-state index >= 15 is 0 Å². The number of pyridine rings is 2. The van der Waals surface area contributed by atoms with Gasteiger partial charge < -0.3 is 4.74 Å². The van der Waals surface area contributed by atoms with E-state index in [0.29, 0.717) is 26.1 Å². The van der Waals surface area contributed by atoms with Crippen molar-refractivity contribution in [1.29, 1.82) is 0 Å². The van der Waals surface area contributed by atoms with Gasteiger partial charge in [-0.1, -0.05) is 0 Å². The van der Waals surface area contributed by atoms with Gasteiger partial charge in [0.1, 0.15) is 4.75 Å². The number of aromatic nitrogens is 2. The van der Waals surface area contributed by atoms with Gasteiger partial charge in [-0.15, -0.1) is 0 Å². The quantitative estimate of drug-likeness (QED) is 0.790. The second-order valence-corrected chi connectivity index (χ2v) is 9.42. The lowest BCUT2D eigenvalue weighted by Crippen LogP contribution is -2.67. The standard InChI is InChI=1S/C18H20FN3O3S/c19-16-2-1-6-21-17(16)25-11-15-5-9-26(23,24)18(15)12-22(13-18)10-14-3-7-20-8-4-14/h1-4,6-8,15H,5,9-13H2/t15-/m0/s1. The van der Waals surface area contributed by atoms with Crippen LogP contribution in [0.2, 0.25) is 0 Å². The van der Waals surface area contributed by atoms with Crippen molar-refractivity contribution in [2.24, 2.45) is 5.92 Å². The van der Waals surface area contributed by atoms with Crippen LogP contribution in [0.15, 0.2) is 42.9 Å². The third kappa shape index (κ3) is 2.97. The third-order valence-corrected chi connectivity index (χ3v) is 7.99. The number of nitrogens with zero attached hydrogens (tertiary/aromatic N) is 3. The number of likely N-dealkylation sites (tertiary alicyclic amines) is 1. The second-order valence-electron chi connectivity index (χ2n) is 6.97. The van der Waals surface area contributed by atoms with E-state index in [0.717, 1.165) is 5.56 Å². The van der Waals surface area contributed by atoms with E-state index in [1.165, 1.54) is 18.3 Å². The Labute approximate surface area is 151 Å². The number of ether oxygens (including phenoxy) is 1. The molecule has 1 atom stereocenters. The van der Waals surface area contributed by atoms with E-state index < -0.39 is 20.4 Å². The molecule has 2 aromatic rings. The molecule has 6 nitrogen and oxygen atoms in total. The van der Waals surface area contributed by atoms with Gasteiger partial charge >= 0.3 is 0 Å². The summed E-state index contributed by atoms with van der Waals surface area (Å²) in [7, 11) is -3.19. The molecule has 0 radical (unpaired) electrons. The normalized spacial score (nSPS) is 23.7. The first kappa shape index (κ1) is 17.4. The number of sulfone groups is 1. The summed E-state index contributed by atoms with van der Waals surface area (Å²) in [6, 6.07) is 6.63. The smallest absolute Gasteiger partial charge is 0.250 e. The fourth-order valence-electron chi connectivity index (χ4n) is 3.93. The zero-order valence-electron chi connectivity index (χ0n) is 14.2. The van der Waals surface area contributed by atoms with Crippen molar-refractivity contribution < 1.29 is 17.5 Å². The lowest BCUT2D eigenvalue weighted by Gasteiger charge is -2.50. The monoisotopic (exact) mass is 377 g/mol. The minimum Gasteiger partial charge on any atom is -0.475 e. The maximum atomic E-state index is 13.7. The zero-order chi connectivity index (χ0) is 18.2. The third-order valence-electron chi connectivity index (χ3n) is 5.38. The Morgan fingerprint density at radius 3 is 2.73 bits per heavy atom.